The van der Waals surface area contributed by atoms with Gasteiger partial charge in [-0.1, -0.05) is 33.1 Å². The fourth-order valence-corrected chi connectivity index (χ4v) is 4.07. The highest BCUT2D eigenvalue weighted by molar-refractivity contribution is 14.0. The topological polar surface area (TPSA) is 52.1 Å². The molecule has 2 fully saturated rings. The number of nitrogens with one attached hydrogen (secondary N) is 2. The van der Waals surface area contributed by atoms with E-state index < -0.39 is 0 Å². The number of morpholine rings is 1. The zero-order valence-electron chi connectivity index (χ0n) is 17.9. The summed E-state index contributed by atoms with van der Waals surface area (Å²) in [6.07, 6.45) is 7.15. The highest BCUT2D eigenvalue weighted by atomic mass is 127. The van der Waals surface area contributed by atoms with Crippen molar-refractivity contribution >= 4 is 29.9 Å². The Morgan fingerprint density at radius 1 is 1.22 bits per heavy atom. The summed E-state index contributed by atoms with van der Waals surface area (Å²) >= 11 is 0. The molecule has 1 unspecified atom stereocenters. The molecule has 1 aliphatic heterocycles. The van der Waals surface area contributed by atoms with Crippen LogP contribution in [0.4, 0.5) is 0 Å². The summed E-state index contributed by atoms with van der Waals surface area (Å²) in [5.74, 6) is 1.59. The molecule has 0 aromatic carbocycles. The minimum absolute atomic E-state index is 0. The van der Waals surface area contributed by atoms with Crippen LogP contribution in [0.3, 0.4) is 0 Å². The first-order valence-corrected chi connectivity index (χ1v) is 10.6. The molecule has 2 N–H and O–H groups in total. The van der Waals surface area contributed by atoms with Crippen molar-refractivity contribution in [3.05, 3.63) is 0 Å². The van der Waals surface area contributed by atoms with Gasteiger partial charge < -0.3 is 20.3 Å². The third kappa shape index (κ3) is 9.76. The summed E-state index contributed by atoms with van der Waals surface area (Å²) in [6, 6.07) is 0.767. The van der Waals surface area contributed by atoms with Crippen LogP contribution < -0.4 is 10.6 Å². The van der Waals surface area contributed by atoms with Crippen LogP contribution in [0.1, 0.15) is 46.0 Å². The molecule has 1 heterocycles. The van der Waals surface area contributed by atoms with E-state index in [0.717, 1.165) is 57.9 Å². The number of ether oxygens (including phenoxy) is 1. The Bertz CT molecular complexity index is 415. The summed E-state index contributed by atoms with van der Waals surface area (Å²) < 4.78 is 5.91. The van der Waals surface area contributed by atoms with Crippen molar-refractivity contribution in [2.75, 3.05) is 60.0 Å². The molecule has 0 spiro atoms. The average Bonchev–Trinajstić information content (AvgIpc) is 2.65. The van der Waals surface area contributed by atoms with Crippen molar-refractivity contribution in [2.45, 2.75) is 58.1 Å². The maximum absolute atomic E-state index is 5.91. The fraction of sp³-hybridized carbons (Fsp3) is 0.950. The molecule has 6 nitrogen and oxygen atoms in total. The second-order valence-corrected chi connectivity index (χ2v) is 8.30. The van der Waals surface area contributed by atoms with E-state index in [1.54, 1.807) is 0 Å². The molecule has 0 bridgehead atoms. The molecule has 0 radical (unpaired) electrons. The van der Waals surface area contributed by atoms with Gasteiger partial charge in [0.1, 0.15) is 0 Å². The van der Waals surface area contributed by atoms with Crippen molar-refractivity contribution in [3.63, 3.8) is 0 Å². The Morgan fingerprint density at radius 2 is 1.96 bits per heavy atom. The van der Waals surface area contributed by atoms with Crippen molar-refractivity contribution in [3.8, 4) is 0 Å². The van der Waals surface area contributed by atoms with Gasteiger partial charge in [-0.3, -0.25) is 9.89 Å². The number of likely N-dealkylation sites (N-methyl/N-ethyl adjacent to an activating group) is 1. The molecule has 1 saturated heterocycles. The van der Waals surface area contributed by atoms with Gasteiger partial charge in [-0.2, -0.15) is 0 Å². The quantitative estimate of drug-likeness (QED) is 0.308. The number of hydrogen-bond acceptors (Lipinski definition) is 4. The lowest BCUT2D eigenvalue weighted by molar-refractivity contribution is -0.0284. The van der Waals surface area contributed by atoms with Gasteiger partial charge in [-0.05, 0) is 25.8 Å². The fourth-order valence-electron chi connectivity index (χ4n) is 4.07. The standard InChI is InChI=1S/C20H41N5O.HI/c1-17(2)15-25-12-13-26-19(16-25)14-23-20(21-3)22-10-11-24(4)18-8-6-5-7-9-18;/h17-19H,5-16H2,1-4H3,(H2,21,22,23);1H. The molecule has 0 amide bonds. The first-order valence-electron chi connectivity index (χ1n) is 10.6. The molecular formula is C20H42IN5O. The summed E-state index contributed by atoms with van der Waals surface area (Å²) in [5, 5.41) is 6.89. The van der Waals surface area contributed by atoms with E-state index in [0.29, 0.717) is 5.92 Å². The molecule has 0 aromatic heterocycles. The van der Waals surface area contributed by atoms with Crippen LogP contribution in [0, 0.1) is 5.92 Å². The number of halogens is 1. The maximum Gasteiger partial charge on any atom is 0.191 e. The van der Waals surface area contributed by atoms with Crippen LogP contribution in [0.25, 0.3) is 0 Å². The normalized spacial score (nSPS) is 22.7. The molecule has 0 aromatic rings. The highest BCUT2D eigenvalue weighted by Gasteiger charge is 2.21. The van der Waals surface area contributed by atoms with E-state index in [1.165, 1.54) is 32.1 Å². The van der Waals surface area contributed by atoms with Gasteiger partial charge in [-0.25, -0.2) is 0 Å². The Balaban J connectivity index is 0.00000364. The smallest absolute Gasteiger partial charge is 0.191 e. The summed E-state index contributed by atoms with van der Waals surface area (Å²) in [5.41, 5.74) is 0. The lowest BCUT2D eigenvalue weighted by atomic mass is 9.94. The zero-order chi connectivity index (χ0) is 18.8. The van der Waals surface area contributed by atoms with Crippen LogP contribution in [-0.2, 0) is 4.74 Å². The lowest BCUT2D eigenvalue weighted by Gasteiger charge is -2.34. The van der Waals surface area contributed by atoms with E-state index in [2.05, 4.69) is 46.3 Å². The van der Waals surface area contributed by atoms with Gasteiger partial charge in [0.05, 0.1) is 12.7 Å². The SMILES string of the molecule is CN=C(NCCN(C)C1CCCCC1)NCC1CN(CC(C)C)CCO1.I. The van der Waals surface area contributed by atoms with E-state index in [1.807, 2.05) is 7.05 Å². The summed E-state index contributed by atoms with van der Waals surface area (Å²) in [6.45, 7) is 11.4. The molecule has 2 aliphatic rings. The summed E-state index contributed by atoms with van der Waals surface area (Å²) in [7, 11) is 4.10. The molecule has 27 heavy (non-hydrogen) atoms. The van der Waals surface area contributed by atoms with Gasteiger partial charge in [0.2, 0.25) is 0 Å². The summed E-state index contributed by atoms with van der Waals surface area (Å²) in [4.78, 5) is 9.37. The van der Waals surface area contributed by atoms with Crippen molar-refractivity contribution in [1.82, 2.24) is 20.4 Å². The third-order valence-corrected chi connectivity index (χ3v) is 5.52. The van der Waals surface area contributed by atoms with E-state index in [-0.39, 0.29) is 30.1 Å². The maximum atomic E-state index is 5.91. The Kier molecular flexibility index (Phi) is 12.9. The number of rotatable bonds is 8. The molecule has 1 atom stereocenters. The van der Waals surface area contributed by atoms with E-state index >= 15 is 0 Å². The number of guanidine groups is 1. The van der Waals surface area contributed by atoms with Gasteiger partial charge in [0.25, 0.3) is 0 Å². The second-order valence-electron chi connectivity index (χ2n) is 8.30. The highest BCUT2D eigenvalue weighted by Crippen LogP contribution is 2.21. The molecule has 7 heteroatoms. The second kappa shape index (κ2) is 14.0. The number of hydrogen-bond donors (Lipinski definition) is 2. The Morgan fingerprint density at radius 3 is 2.63 bits per heavy atom. The van der Waals surface area contributed by atoms with Crippen molar-refractivity contribution in [1.29, 1.82) is 0 Å². The molecule has 2 rings (SSSR count). The lowest BCUT2D eigenvalue weighted by Crippen LogP contribution is -2.50. The van der Waals surface area contributed by atoms with Gasteiger partial charge in [-0.15, -0.1) is 24.0 Å². The molecular weight excluding hydrogens is 453 g/mol. The van der Waals surface area contributed by atoms with Gasteiger partial charge >= 0.3 is 0 Å². The van der Waals surface area contributed by atoms with Crippen LogP contribution in [0.2, 0.25) is 0 Å². The first-order chi connectivity index (χ1) is 12.6. The largest absolute Gasteiger partial charge is 0.374 e. The average molecular weight is 495 g/mol. The van der Waals surface area contributed by atoms with Gasteiger partial charge in [0, 0.05) is 52.4 Å². The van der Waals surface area contributed by atoms with E-state index in [4.69, 9.17) is 4.74 Å². The zero-order valence-corrected chi connectivity index (χ0v) is 20.2. The Hall–Kier alpha value is -0.120. The van der Waals surface area contributed by atoms with Crippen molar-refractivity contribution < 1.29 is 4.74 Å². The molecule has 160 valence electrons. The van der Waals surface area contributed by atoms with Crippen LogP contribution in [-0.4, -0.2) is 87.9 Å². The van der Waals surface area contributed by atoms with Crippen molar-refractivity contribution in [2.24, 2.45) is 10.9 Å². The predicted octanol–water partition coefficient (Wildman–Crippen LogP) is 2.39. The number of aliphatic imine (C=N–C) groups is 1. The molecule has 1 aliphatic carbocycles. The van der Waals surface area contributed by atoms with E-state index in [9.17, 15) is 0 Å². The van der Waals surface area contributed by atoms with Crippen LogP contribution in [0.15, 0.2) is 4.99 Å². The predicted molar refractivity (Wildman–Crippen MR) is 125 cm³/mol. The van der Waals surface area contributed by atoms with Crippen LogP contribution >= 0.6 is 24.0 Å². The van der Waals surface area contributed by atoms with Crippen LogP contribution in [0.5, 0.6) is 0 Å². The molecule has 1 saturated carbocycles. The van der Waals surface area contributed by atoms with Gasteiger partial charge in [0.15, 0.2) is 5.96 Å². The monoisotopic (exact) mass is 495 g/mol. The number of nitrogens with zero attached hydrogens (tertiary/aromatic N) is 3. The Labute approximate surface area is 183 Å². The first kappa shape index (κ1) is 24.9. The third-order valence-electron chi connectivity index (χ3n) is 5.52. The minimum atomic E-state index is 0. The minimum Gasteiger partial charge on any atom is -0.374 e.